The predicted octanol–water partition coefficient (Wildman–Crippen LogP) is 2.17. The highest BCUT2D eigenvalue weighted by Gasteiger charge is 2.36. The van der Waals surface area contributed by atoms with E-state index in [0.29, 0.717) is 17.9 Å². The molecule has 3 heteroatoms. The molecule has 2 aliphatic heterocycles. The molecule has 1 aliphatic carbocycles. The van der Waals surface area contributed by atoms with Crippen molar-refractivity contribution in [3.8, 4) is 0 Å². The highest BCUT2D eigenvalue weighted by Crippen LogP contribution is 2.35. The van der Waals surface area contributed by atoms with Gasteiger partial charge in [-0.1, -0.05) is 12.8 Å². The second kappa shape index (κ2) is 5.60. The van der Waals surface area contributed by atoms with Gasteiger partial charge in [0.05, 0.1) is 0 Å². The summed E-state index contributed by atoms with van der Waals surface area (Å²) >= 11 is 0. The number of rotatable bonds is 2. The van der Waals surface area contributed by atoms with Gasteiger partial charge >= 0.3 is 0 Å². The number of nitrogens with one attached hydrogen (secondary N) is 1. The lowest BCUT2D eigenvalue weighted by Crippen LogP contribution is -2.50. The molecule has 0 radical (unpaired) electrons. The molecule has 3 unspecified atom stereocenters. The zero-order valence-electron chi connectivity index (χ0n) is 11.4. The van der Waals surface area contributed by atoms with Crippen molar-refractivity contribution in [3.63, 3.8) is 0 Å². The van der Waals surface area contributed by atoms with Gasteiger partial charge in [0.2, 0.25) is 5.91 Å². The third-order valence-electron chi connectivity index (χ3n) is 5.19. The molecule has 0 bridgehead atoms. The number of carbonyl (C=O) groups excluding carboxylic acids is 1. The summed E-state index contributed by atoms with van der Waals surface area (Å²) in [5.74, 6) is 1.86. The molecule has 3 rings (SSSR count). The van der Waals surface area contributed by atoms with E-state index in [1.165, 1.54) is 44.9 Å². The molecule has 2 saturated heterocycles. The summed E-state index contributed by atoms with van der Waals surface area (Å²) in [4.78, 5) is 14.8. The molecule has 1 amide bonds. The van der Waals surface area contributed by atoms with E-state index >= 15 is 0 Å². The van der Waals surface area contributed by atoms with E-state index in [1.807, 2.05) is 0 Å². The molecule has 3 nitrogen and oxygen atoms in total. The molecule has 2 heterocycles. The normalized spacial score (nSPS) is 36.4. The second-order valence-electron chi connectivity index (χ2n) is 6.40. The first-order valence-corrected chi connectivity index (χ1v) is 7.85. The minimum atomic E-state index is 0.445. The van der Waals surface area contributed by atoms with E-state index < -0.39 is 0 Å². The summed E-state index contributed by atoms with van der Waals surface area (Å²) in [6, 6.07) is 0.592. The van der Waals surface area contributed by atoms with Crippen molar-refractivity contribution >= 4 is 5.91 Å². The number of likely N-dealkylation sites (tertiary alicyclic amines) is 1. The van der Waals surface area contributed by atoms with Gasteiger partial charge in [-0.25, -0.2) is 0 Å². The summed E-state index contributed by atoms with van der Waals surface area (Å²) in [6.45, 7) is 3.18. The minimum absolute atomic E-state index is 0.445. The van der Waals surface area contributed by atoms with E-state index in [2.05, 4.69) is 10.2 Å². The van der Waals surface area contributed by atoms with Crippen LogP contribution in [-0.4, -0.2) is 36.5 Å². The summed E-state index contributed by atoms with van der Waals surface area (Å²) in [6.07, 6.45) is 9.91. The number of carbonyl (C=O) groups is 1. The lowest BCUT2D eigenvalue weighted by Gasteiger charge is -2.44. The van der Waals surface area contributed by atoms with Crippen LogP contribution in [0.5, 0.6) is 0 Å². The standard InChI is InChI=1S/C15H26N2O/c18-15(10-12-7-8-16-11-12)17-9-3-5-13-4-1-2-6-14(13)17/h12-14,16H,1-11H2. The first kappa shape index (κ1) is 12.5. The van der Waals surface area contributed by atoms with Crippen molar-refractivity contribution in [2.24, 2.45) is 11.8 Å². The lowest BCUT2D eigenvalue weighted by atomic mass is 9.78. The first-order valence-electron chi connectivity index (χ1n) is 7.85. The minimum Gasteiger partial charge on any atom is -0.339 e. The van der Waals surface area contributed by atoms with Crippen LogP contribution in [0.2, 0.25) is 0 Å². The van der Waals surface area contributed by atoms with Crippen LogP contribution in [0.15, 0.2) is 0 Å². The van der Waals surface area contributed by atoms with Crippen LogP contribution in [0.4, 0.5) is 0 Å². The molecule has 1 saturated carbocycles. The van der Waals surface area contributed by atoms with Crippen LogP contribution in [0.1, 0.15) is 51.4 Å². The first-order chi connectivity index (χ1) is 8.84. The number of amides is 1. The third kappa shape index (κ3) is 2.56. The van der Waals surface area contributed by atoms with Crippen LogP contribution in [0.3, 0.4) is 0 Å². The zero-order chi connectivity index (χ0) is 12.4. The Bertz CT molecular complexity index is 297. The van der Waals surface area contributed by atoms with E-state index in [4.69, 9.17) is 0 Å². The van der Waals surface area contributed by atoms with Crippen molar-refractivity contribution in [3.05, 3.63) is 0 Å². The predicted molar refractivity (Wildman–Crippen MR) is 72.3 cm³/mol. The van der Waals surface area contributed by atoms with E-state index in [-0.39, 0.29) is 0 Å². The van der Waals surface area contributed by atoms with E-state index in [9.17, 15) is 4.79 Å². The SMILES string of the molecule is O=C(CC1CCNC1)N1CCCC2CCCCC21. The Morgan fingerprint density at radius 3 is 2.78 bits per heavy atom. The van der Waals surface area contributed by atoms with Gasteiger partial charge in [-0.05, 0) is 57.0 Å². The van der Waals surface area contributed by atoms with Gasteiger partial charge in [-0.3, -0.25) is 4.79 Å². The Balaban J connectivity index is 1.60. The molecule has 3 atom stereocenters. The molecule has 3 fully saturated rings. The average Bonchev–Trinajstić information content (AvgIpc) is 2.91. The van der Waals surface area contributed by atoms with Gasteiger partial charge in [0.15, 0.2) is 0 Å². The van der Waals surface area contributed by atoms with E-state index in [1.54, 1.807) is 0 Å². The van der Waals surface area contributed by atoms with Crippen molar-refractivity contribution in [2.45, 2.75) is 57.4 Å². The Labute approximate surface area is 110 Å². The van der Waals surface area contributed by atoms with Gasteiger partial charge in [0, 0.05) is 19.0 Å². The molecular weight excluding hydrogens is 224 g/mol. The summed E-state index contributed by atoms with van der Waals surface area (Å²) in [5.41, 5.74) is 0. The topological polar surface area (TPSA) is 32.3 Å². The maximum atomic E-state index is 12.5. The van der Waals surface area contributed by atoms with Gasteiger partial charge in [0.1, 0.15) is 0 Å². The number of piperidine rings is 1. The molecular formula is C15H26N2O. The van der Waals surface area contributed by atoms with Crippen LogP contribution in [0, 0.1) is 11.8 Å². The fraction of sp³-hybridized carbons (Fsp3) is 0.933. The zero-order valence-corrected chi connectivity index (χ0v) is 11.4. The summed E-state index contributed by atoms with van der Waals surface area (Å²) in [7, 11) is 0. The van der Waals surface area contributed by atoms with Crippen LogP contribution >= 0.6 is 0 Å². The quantitative estimate of drug-likeness (QED) is 0.814. The average molecular weight is 250 g/mol. The fourth-order valence-corrected chi connectivity index (χ4v) is 4.19. The number of hydrogen-bond donors (Lipinski definition) is 1. The molecule has 0 spiro atoms. The molecule has 18 heavy (non-hydrogen) atoms. The van der Waals surface area contributed by atoms with Crippen LogP contribution < -0.4 is 5.32 Å². The van der Waals surface area contributed by atoms with Crippen LogP contribution in [0.25, 0.3) is 0 Å². The van der Waals surface area contributed by atoms with Crippen LogP contribution in [-0.2, 0) is 4.79 Å². The van der Waals surface area contributed by atoms with Crippen molar-refractivity contribution in [2.75, 3.05) is 19.6 Å². The second-order valence-corrected chi connectivity index (χ2v) is 6.40. The van der Waals surface area contributed by atoms with Crippen molar-refractivity contribution in [1.82, 2.24) is 10.2 Å². The van der Waals surface area contributed by atoms with Gasteiger partial charge in [-0.2, -0.15) is 0 Å². The molecule has 0 aromatic rings. The Morgan fingerprint density at radius 1 is 1.11 bits per heavy atom. The summed E-state index contributed by atoms with van der Waals surface area (Å²) in [5, 5.41) is 3.37. The maximum absolute atomic E-state index is 12.5. The van der Waals surface area contributed by atoms with Crippen molar-refractivity contribution in [1.29, 1.82) is 0 Å². The van der Waals surface area contributed by atoms with Gasteiger partial charge < -0.3 is 10.2 Å². The van der Waals surface area contributed by atoms with Gasteiger partial charge in [0.25, 0.3) is 0 Å². The van der Waals surface area contributed by atoms with E-state index in [0.717, 1.165) is 32.0 Å². The number of nitrogens with zero attached hydrogens (tertiary/aromatic N) is 1. The Kier molecular flexibility index (Phi) is 3.88. The summed E-state index contributed by atoms with van der Waals surface area (Å²) < 4.78 is 0. The Morgan fingerprint density at radius 2 is 1.94 bits per heavy atom. The molecule has 0 aromatic carbocycles. The van der Waals surface area contributed by atoms with Gasteiger partial charge in [-0.15, -0.1) is 0 Å². The Hall–Kier alpha value is -0.570. The highest BCUT2D eigenvalue weighted by molar-refractivity contribution is 5.77. The number of hydrogen-bond acceptors (Lipinski definition) is 2. The molecule has 1 N–H and O–H groups in total. The molecule has 0 aromatic heterocycles. The maximum Gasteiger partial charge on any atom is 0.223 e. The number of fused-ring (bicyclic) bond motifs is 1. The monoisotopic (exact) mass is 250 g/mol. The molecule has 3 aliphatic rings. The fourth-order valence-electron chi connectivity index (χ4n) is 4.19. The third-order valence-corrected chi connectivity index (χ3v) is 5.19. The largest absolute Gasteiger partial charge is 0.339 e. The smallest absolute Gasteiger partial charge is 0.223 e. The molecule has 102 valence electrons. The van der Waals surface area contributed by atoms with Crippen molar-refractivity contribution < 1.29 is 4.79 Å². The lowest BCUT2D eigenvalue weighted by molar-refractivity contribution is -0.138. The highest BCUT2D eigenvalue weighted by atomic mass is 16.2.